The molecular weight excluding hydrogens is 206 g/mol. The molecule has 0 bridgehead atoms. The van der Waals surface area contributed by atoms with Crippen molar-refractivity contribution in [3.63, 3.8) is 0 Å². The summed E-state index contributed by atoms with van der Waals surface area (Å²) in [6.45, 7) is 3.57. The van der Waals surface area contributed by atoms with Crippen LogP contribution in [0.4, 0.5) is 0 Å². The summed E-state index contributed by atoms with van der Waals surface area (Å²) >= 11 is 0. The van der Waals surface area contributed by atoms with E-state index in [0.717, 1.165) is 25.8 Å². The maximum Gasteiger partial charge on any atom is 0.323 e. The number of rotatable bonds is 3. The first-order chi connectivity index (χ1) is 7.63. The highest BCUT2D eigenvalue weighted by atomic mass is 16.5. The summed E-state index contributed by atoms with van der Waals surface area (Å²) in [5, 5.41) is 9.86. The fourth-order valence-electron chi connectivity index (χ4n) is 2.50. The number of hydrogen-bond donors (Lipinski definition) is 1. The second kappa shape index (κ2) is 4.72. The number of piperidine rings is 1. The van der Waals surface area contributed by atoms with Crippen LogP contribution in [0.5, 0.6) is 0 Å². The van der Waals surface area contributed by atoms with Gasteiger partial charge in [-0.1, -0.05) is 6.92 Å². The van der Waals surface area contributed by atoms with Crippen LogP contribution in [0.2, 0.25) is 0 Å². The Morgan fingerprint density at radius 3 is 2.62 bits per heavy atom. The standard InChI is InChI=1S/C12H21NO3/c1-8-5-6-13(7-10(8)14)11(9-3-4-9)12(15)16-2/h8-11,14H,3-7H2,1-2H3. The minimum atomic E-state index is -0.306. The van der Waals surface area contributed by atoms with Gasteiger partial charge < -0.3 is 9.84 Å². The van der Waals surface area contributed by atoms with Crippen molar-refractivity contribution in [1.82, 2.24) is 4.90 Å². The van der Waals surface area contributed by atoms with Crippen molar-refractivity contribution < 1.29 is 14.6 Å². The molecule has 0 radical (unpaired) electrons. The Kier molecular flexibility index (Phi) is 3.50. The summed E-state index contributed by atoms with van der Waals surface area (Å²) in [5.41, 5.74) is 0. The molecule has 2 aliphatic rings. The number of nitrogens with zero attached hydrogens (tertiary/aromatic N) is 1. The van der Waals surface area contributed by atoms with Gasteiger partial charge in [-0.2, -0.15) is 0 Å². The summed E-state index contributed by atoms with van der Waals surface area (Å²) in [5.74, 6) is 0.658. The van der Waals surface area contributed by atoms with E-state index in [4.69, 9.17) is 4.74 Å². The number of aliphatic hydroxyl groups excluding tert-OH is 1. The molecule has 0 aromatic rings. The second-order valence-corrected chi connectivity index (χ2v) is 5.13. The van der Waals surface area contributed by atoms with Gasteiger partial charge in [-0.15, -0.1) is 0 Å². The van der Waals surface area contributed by atoms with Gasteiger partial charge in [-0.3, -0.25) is 9.69 Å². The quantitative estimate of drug-likeness (QED) is 0.719. The third-order valence-corrected chi connectivity index (χ3v) is 3.85. The largest absolute Gasteiger partial charge is 0.468 e. The van der Waals surface area contributed by atoms with Crippen molar-refractivity contribution in [1.29, 1.82) is 0 Å². The number of ether oxygens (including phenoxy) is 1. The smallest absolute Gasteiger partial charge is 0.323 e. The number of β-amino-alcohol motifs (C(OH)–C–C–N with tert-alkyl or cyclic N) is 1. The predicted molar refractivity (Wildman–Crippen MR) is 59.9 cm³/mol. The Morgan fingerprint density at radius 2 is 2.12 bits per heavy atom. The number of hydrogen-bond acceptors (Lipinski definition) is 4. The van der Waals surface area contributed by atoms with E-state index in [1.54, 1.807) is 0 Å². The normalized spacial score (nSPS) is 33.4. The van der Waals surface area contributed by atoms with Crippen molar-refractivity contribution in [2.75, 3.05) is 20.2 Å². The van der Waals surface area contributed by atoms with Crippen molar-refractivity contribution in [3.8, 4) is 0 Å². The lowest BCUT2D eigenvalue weighted by Crippen LogP contribution is -2.51. The van der Waals surface area contributed by atoms with Crippen LogP contribution >= 0.6 is 0 Å². The lowest BCUT2D eigenvalue weighted by Gasteiger charge is -2.38. The van der Waals surface area contributed by atoms with Crippen LogP contribution in [0.3, 0.4) is 0 Å². The van der Waals surface area contributed by atoms with E-state index in [1.165, 1.54) is 7.11 Å². The molecule has 1 saturated carbocycles. The van der Waals surface area contributed by atoms with Gasteiger partial charge in [0.1, 0.15) is 6.04 Å². The highest BCUT2D eigenvalue weighted by Crippen LogP contribution is 2.37. The van der Waals surface area contributed by atoms with E-state index in [1.807, 2.05) is 0 Å². The Balaban J connectivity index is 2.00. The summed E-state index contributed by atoms with van der Waals surface area (Å²) in [6, 6.07) is -0.118. The first kappa shape index (κ1) is 11.9. The maximum atomic E-state index is 11.7. The third kappa shape index (κ3) is 2.38. The van der Waals surface area contributed by atoms with E-state index in [0.29, 0.717) is 18.4 Å². The summed E-state index contributed by atoms with van der Waals surface area (Å²) < 4.78 is 4.87. The van der Waals surface area contributed by atoms with Crippen LogP contribution < -0.4 is 0 Å². The molecule has 1 aliphatic heterocycles. The van der Waals surface area contributed by atoms with Crippen molar-refractivity contribution in [2.45, 2.75) is 38.3 Å². The molecular formula is C12H21NO3. The molecule has 2 fully saturated rings. The first-order valence-corrected chi connectivity index (χ1v) is 6.13. The Labute approximate surface area is 96.6 Å². The van der Waals surface area contributed by atoms with Crippen LogP contribution in [0.15, 0.2) is 0 Å². The van der Waals surface area contributed by atoms with E-state index < -0.39 is 0 Å². The van der Waals surface area contributed by atoms with Gasteiger partial charge in [0.2, 0.25) is 0 Å². The highest BCUT2D eigenvalue weighted by molar-refractivity contribution is 5.76. The molecule has 3 unspecified atom stereocenters. The van der Waals surface area contributed by atoms with E-state index in [2.05, 4.69) is 11.8 Å². The molecule has 1 N–H and O–H groups in total. The predicted octanol–water partition coefficient (Wildman–Crippen LogP) is 0.641. The molecule has 16 heavy (non-hydrogen) atoms. The monoisotopic (exact) mass is 227 g/mol. The zero-order chi connectivity index (χ0) is 11.7. The Hall–Kier alpha value is -0.610. The lowest BCUT2D eigenvalue weighted by molar-refractivity contribution is -0.149. The molecule has 1 heterocycles. The number of likely N-dealkylation sites (tertiary alicyclic amines) is 1. The van der Waals surface area contributed by atoms with Gasteiger partial charge in [0.15, 0.2) is 0 Å². The zero-order valence-electron chi connectivity index (χ0n) is 10.1. The minimum absolute atomic E-state index is 0.118. The number of esters is 1. The van der Waals surface area contributed by atoms with Crippen molar-refractivity contribution >= 4 is 5.97 Å². The number of aliphatic hydroxyl groups is 1. The third-order valence-electron chi connectivity index (χ3n) is 3.85. The molecule has 92 valence electrons. The van der Waals surface area contributed by atoms with E-state index in [-0.39, 0.29) is 18.1 Å². The molecule has 4 nitrogen and oxygen atoms in total. The summed E-state index contributed by atoms with van der Waals surface area (Å²) in [4.78, 5) is 13.8. The van der Waals surface area contributed by atoms with Crippen LogP contribution in [-0.4, -0.2) is 48.3 Å². The minimum Gasteiger partial charge on any atom is -0.468 e. The van der Waals surface area contributed by atoms with E-state index >= 15 is 0 Å². The van der Waals surface area contributed by atoms with Gasteiger partial charge >= 0.3 is 5.97 Å². The van der Waals surface area contributed by atoms with Crippen LogP contribution in [0.1, 0.15) is 26.2 Å². The lowest BCUT2D eigenvalue weighted by atomic mass is 9.94. The van der Waals surface area contributed by atoms with Gasteiger partial charge in [0, 0.05) is 6.54 Å². The highest BCUT2D eigenvalue weighted by Gasteiger charge is 2.42. The molecule has 1 aliphatic carbocycles. The first-order valence-electron chi connectivity index (χ1n) is 6.13. The SMILES string of the molecule is COC(=O)C(C1CC1)N1CCC(C)C(O)C1. The van der Waals surface area contributed by atoms with Crippen LogP contribution in [0.25, 0.3) is 0 Å². The maximum absolute atomic E-state index is 11.7. The molecule has 2 rings (SSSR count). The second-order valence-electron chi connectivity index (χ2n) is 5.13. The molecule has 1 saturated heterocycles. The average molecular weight is 227 g/mol. The Bertz CT molecular complexity index is 265. The molecule has 3 atom stereocenters. The van der Waals surface area contributed by atoms with E-state index in [9.17, 15) is 9.90 Å². The molecule has 0 aromatic carbocycles. The van der Waals surface area contributed by atoms with Gasteiger partial charge in [0.25, 0.3) is 0 Å². The molecule has 0 aromatic heterocycles. The topological polar surface area (TPSA) is 49.8 Å². The zero-order valence-corrected chi connectivity index (χ0v) is 10.1. The van der Waals surface area contributed by atoms with Gasteiger partial charge in [-0.25, -0.2) is 0 Å². The number of methoxy groups -OCH3 is 1. The van der Waals surface area contributed by atoms with Crippen LogP contribution in [0, 0.1) is 11.8 Å². The summed E-state index contributed by atoms with van der Waals surface area (Å²) in [6.07, 6.45) is 2.88. The average Bonchev–Trinajstić information content (AvgIpc) is 3.07. The Morgan fingerprint density at radius 1 is 1.44 bits per heavy atom. The van der Waals surface area contributed by atoms with Crippen molar-refractivity contribution in [3.05, 3.63) is 0 Å². The molecule has 0 amide bonds. The van der Waals surface area contributed by atoms with Crippen molar-refractivity contribution in [2.24, 2.45) is 11.8 Å². The summed E-state index contributed by atoms with van der Waals surface area (Å²) in [7, 11) is 1.45. The number of carbonyl (C=O) groups excluding carboxylic acids is 1. The van der Waals surface area contributed by atoms with Gasteiger partial charge in [-0.05, 0) is 37.6 Å². The molecule has 0 spiro atoms. The van der Waals surface area contributed by atoms with Crippen LogP contribution in [-0.2, 0) is 9.53 Å². The fraction of sp³-hybridized carbons (Fsp3) is 0.917. The number of carbonyl (C=O) groups is 1. The van der Waals surface area contributed by atoms with Gasteiger partial charge in [0.05, 0.1) is 13.2 Å². The fourth-order valence-corrected chi connectivity index (χ4v) is 2.50. The molecule has 4 heteroatoms.